The molecule has 4 rings (SSSR count). The highest BCUT2D eigenvalue weighted by molar-refractivity contribution is 7.99. The van der Waals surface area contributed by atoms with Crippen LogP contribution in [0.5, 0.6) is 0 Å². The fraction of sp³-hybridized carbons (Fsp3) is 0.350. The number of carbonyl (C=O) groups excluding carboxylic acids is 1. The fourth-order valence-corrected chi connectivity index (χ4v) is 4.12. The lowest BCUT2D eigenvalue weighted by molar-refractivity contribution is -0.119. The zero-order valence-electron chi connectivity index (χ0n) is 15.4. The molecular formula is C20H22N4O2S. The Balaban J connectivity index is 1.41. The molecule has 3 aromatic rings. The highest BCUT2D eigenvalue weighted by Crippen LogP contribution is 2.30. The van der Waals surface area contributed by atoms with E-state index in [9.17, 15) is 4.79 Å². The summed E-state index contributed by atoms with van der Waals surface area (Å²) < 4.78 is 7.41. The molecule has 2 aromatic heterocycles. The molecule has 1 amide bonds. The molecule has 1 aromatic carbocycles. The van der Waals surface area contributed by atoms with Crippen LogP contribution in [0.1, 0.15) is 41.3 Å². The molecule has 6 nitrogen and oxygen atoms in total. The topological polar surface area (TPSA) is 73.0 Å². The number of carbonyl (C=O) groups is 1. The quantitative estimate of drug-likeness (QED) is 0.680. The van der Waals surface area contributed by atoms with Crippen molar-refractivity contribution < 1.29 is 9.21 Å². The summed E-state index contributed by atoms with van der Waals surface area (Å²) in [5.41, 5.74) is 4.56. The number of hydrogen-bond acceptors (Lipinski definition) is 5. The first-order valence-electron chi connectivity index (χ1n) is 9.08. The molecule has 0 saturated carbocycles. The second-order valence-electron chi connectivity index (χ2n) is 6.85. The third-order valence-electron chi connectivity index (χ3n) is 5.00. The van der Waals surface area contributed by atoms with E-state index < -0.39 is 0 Å². The van der Waals surface area contributed by atoms with Crippen LogP contribution >= 0.6 is 11.8 Å². The van der Waals surface area contributed by atoms with Gasteiger partial charge in [0.05, 0.1) is 18.1 Å². The number of aryl methyl sites for hydroxylation is 3. The summed E-state index contributed by atoms with van der Waals surface area (Å²) in [5.74, 6) is 1.29. The normalized spacial score (nSPS) is 16.1. The Bertz CT molecular complexity index is 963. The molecule has 27 heavy (non-hydrogen) atoms. The maximum absolute atomic E-state index is 12.5. The first-order valence-corrected chi connectivity index (χ1v) is 10.1. The third kappa shape index (κ3) is 3.78. The molecule has 0 spiro atoms. The number of furan rings is 1. The van der Waals surface area contributed by atoms with Crippen LogP contribution in [0.15, 0.2) is 46.4 Å². The number of aromatic nitrogens is 3. The molecule has 1 N–H and O–H groups in total. The van der Waals surface area contributed by atoms with Crippen molar-refractivity contribution in [2.24, 2.45) is 0 Å². The van der Waals surface area contributed by atoms with Gasteiger partial charge in [0.25, 0.3) is 0 Å². The van der Waals surface area contributed by atoms with Gasteiger partial charge in [-0.15, -0.1) is 10.2 Å². The molecule has 0 radical (unpaired) electrons. The Morgan fingerprint density at radius 1 is 1.33 bits per heavy atom. The number of benzene rings is 1. The van der Waals surface area contributed by atoms with E-state index in [1.54, 1.807) is 12.6 Å². The van der Waals surface area contributed by atoms with Crippen molar-refractivity contribution in [2.45, 2.75) is 44.3 Å². The number of nitrogens with zero attached hydrogens (tertiary/aromatic N) is 3. The molecule has 0 fully saturated rings. The predicted octanol–water partition coefficient (Wildman–Crippen LogP) is 3.76. The minimum atomic E-state index is -0.00585. The zero-order chi connectivity index (χ0) is 18.8. The van der Waals surface area contributed by atoms with Crippen LogP contribution in [0.2, 0.25) is 0 Å². The van der Waals surface area contributed by atoms with Gasteiger partial charge in [-0.25, -0.2) is 0 Å². The van der Waals surface area contributed by atoms with Gasteiger partial charge in [-0.05, 0) is 56.0 Å². The standard InChI is InChI=1S/C20H22N4O2S/c1-13-6-7-15(10-14(13)2)24-12-21-23-20(24)27-11-19(25)22-17-4-3-5-18-16(17)8-9-26-18/h6-10,12,17H,3-5,11H2,1-2H3,(H,22,25). The SMILES string of the molecule is Cc1ccc(-n2cnnc2SCC(=O)NC2CCCc3occc32)cc1C. The number of rotatable bonds is 5. The van der Waals surface area contributed by atoms with E-state index >= 15 is 0 Å². The second kappa shape index (κ2) is 7.60. The Labute approximate surface area is 162 Å². The summed E-state index contributed by atoms with van der Waals surface area (Å²) in [5, 5.41) is 12.0. The number of thioether (sulfide) groups is 1. The molecule has 0 bridgehead atoms. The van der Waals surface area contributed by atoms with Gasteiger partial charge in [-0.3, -0.25) is 9.36 Å². The maximum atomic E-state index is 12.5. The van der Waals surface area contributed by atoms with Crippen molar-refractivity contribution in [1.82, 2.24) is 20.1 Å². The van der Waals surface area contributed by atoms with Crippen molar-refractivity contribution in [1.29, 1.82) is 0 Å². The van der Waals surface area contributed by atoms with E-state index in [2.05, 4.69) is 41.5 Å². The van der Waals surface area contributed by atoms with Crippen LogP contribution in [0.25, 0.3) is 5.69 Å². The Morgan fingerprint density at radius 2 is 2.22 bits per heavy atom. The van der Waals surface area contributed by atoms with Crippen molar-refractivity contribution in [3.05, 3.63) is 59.3 Å². The lowest BCUT2D eigenvalue weighted by atomic mass is 9.93. The van der Waals surface area contributed by atoms with Gasteiger partial charge >= 0.3 is 0 Å². The summed E-state index contributed by atoms with van der Waals surface area (Å²) in [6, 6.07) is 8.22. The largest absolute Gasteiger partial charge is 0.469 e. The van der Waals surface area contributed by atoms with Crippen LogP contribution in [-0.2, 0) is 11.2 Å². The minimum absolute atomic E-state index is 0.00585. The summed E-state index contributed by atoms with van der Waals surface area (Å²) in [6.07, 6.45) is 6.31. The number of hydrogen-bond donors (Lipinski definition) is 1. The first-order chi connectivity index (χ1) is 13.1. The van der Waals surface area contributed by atoms with Gasteiger partial charge in [0, 0.05) is 17.7 Å². The zero-order valence-corrected chi connectivity index (χ0v) is 16.3. The fourth-order valence-electron chi connectivity index (χ4n) is 3.38. The Kier molecular flexibility index (Phi) is 5.03. The van der Waals surface area contributed by atoms with Gasteiger partial charge in [0.1, 0.15) is 12.1 Å². The van der Waals surface area contributed by atoms with Gasteiger partial charge in [0.2, 0.25) is 5.91 Å². The number of nitrogens with one attached hydrogen (secondary N) is 1. The highest BCUT2D eigenvalue weighted by Gasteiger charge is 2.24. The molecular weight excluding hydrogens is 360 g/mol. The van der Waals surface area contributed by atoms with Crippen LogP contribution in [-0.4, -0.2) is 26.4 Å². The van der Waals surface area contributed by atoms with Gasteiger partial charge in [-0.2, -0.15) is 0 Å². The van der Waals surface area contributed by atoms with Crippen LogP contribution in [0, 0.1) is 13.8 Å². The Hall–Kier alpha value is -2.54. The average Bonchev–Trinajstić information content (AvgIpc) is 3.32. The number of fused-ring (bicyclic) bond motifs is 1. The molecule has 0 saturated heterocycles. The van der Waals surface area contributed by atoms with Gasteiger partial charge < -0.3 is 9.73 Å². The summed E-state index contributed by atoms with van der Waals surface area (Å²) in [4.78, 5) is 12.5. The average molecular weight is 382 g/mol. The van der Waals surface area contributed by atoms with Crippen molar-refractivity contribution in [2.75, 3.05) is 5.75 Å². The van der Waals surface area contributed by atoms with Gasteiger partial charge in [-0.1, -0.05) is 17.8 Å². The minimum Gasteiger partial charge on any atom is -0.469 e. The van der Waals surface area contributed by atoms with Crippen LogP contribution in [0.3, 0.4) is 0 Å². The molecule has 1 aliphatic rings. The van der Waals surface area contributed by atoms with E-state index in [-0.39, 0.29) is 11.9 Å². The first kappa shape index (κ1) is 17.9. The lowest BCUT2D eigenvalue weighted by Crippen LogP contribution is -2.31. The summed E-state index contributed by atoms with van der Waals surface area (Å²) >= 11 is 1.39. The van der Waals surface area contributed by atoms with Crippen molar-refractivity contribution in [3.63, 3.8) is 0 Å². The Morgan fingerprint density at radius 3 is 3.07 bits per heavy atom. The smallest absolute Gasteiger partial charge is 0.230 e. The van der Waals surface area contributed by atoms with E-state index in [1.165, 1.54) is 22.9 Å². The molecule has 1 aliphatic carbocycles. The summed E-state index contributed by atoms with van der Waals surface area (Å²) in [7, 11) is 0. The van der Waals surface area contributed by atoms with Crippen molar-refractivity contribution >= 4 is 17.7 Å². The number of amides is 1. The maximum Gasteiger partial charge on any atom is 0.230 e. The van der Waals surface area contributed by atoms with Gasteiger partial charge in [0.15, 0.2) is 5.16 Å². The van der Waals surface area contributed by atoms with E-state index in [0.717, 1.165) is 36.3 Å². The lowest BCUT2D eigenvalue weighted by Gasteiger charge is -2.22. The molecule has 1 atom stereocenters. The second-order valence-corrected chi connectivity index (χ2v) is 7.79. The summed E-state index contributed by atoms with van der Waals surface area (Å²) in [6.45, 7) is 4.17. The third-order valence-corrected chi connectivity index (χ3v) is 5.95. The van der Waals surface area contributed by atoms with Crippen LogP contribution in [0.4, 0.5) is 0 Å². The van der Waals surface area contributed by atoms with E-state index in [0.29, 0.717) is 10.9 Å². The molecule has 140 valence electrons. The van der Waals surface area contributed by atoms with E-state index in [4.69, 9.17) is 4.42 Å². The van der Waals surface area contributed by atoms with Crippen LogP contribution < -0.4 is 5.32 Å². The monoisotopic (exact) mass is 382 g/mol. The molecule has 7 heteroatoms. The molecule has 2 heterocycles. The van der Waals surface area contributed by atoms with E-state index in [1.807, 2.05) is 16.7 Å². The highest BCUT2D eigenvalue weighted by atomic mass is 32.2. The van der Waals surface area contributed by atoms with Crippen molar-refractivity contribution in [3.8, 4) is 5.69 Å². The molecule has 0 aliphatic heterocycles. The predicted molar refractivity (Wildman–Crippen MR) is 104 cm³/mol. The molecule has 1 unspecified atom stereocenters.